The maximum Gasteiger partial charge on any atom is 0.416 e. The van der Waals surface area contributed by atoms with Crippen molar-refractivity contribution in [2.45, 2.75) is 31.3 Å². The van der Waals surface area contributed by atoms with Crippen molar-refractivity contribution in [1.29, 1.82) is 0 Å². The Kier molecular flexibility index (Phi) is 4.68. The Morgan fingerprint density at radius 1 is 1.29 bits per heavy atom. The molecule has 0 spiro atoms. The maximum atomic E-state index is 12.6. The number of ether oxygens (including phenoxy) is 1. The van der Waals surface area contributed by atoms with Crippen LogP contribution in [0.4, 0.5) is 13.2 Å². The number of piperazine rings is 1. The Hall–Kier alpha value is -1.44. The normalized spacial score (nSPS) is 28.8. The van der Waals surface area contributed by atoms with E-state index in [1.54, 1.807) is 0 Å². The van der Waals surface area contributed by atoms with Gasteiger partial charge >= 0.3 is 6.18 Å². The highest BCUT2D eigenvalue weighted by atomic mass is 19.4. The minimum atomic E-state index is -4.32. The fourth-order valence-corrected chi connectivity index (χ4v) is 3.10. The third kappa shape index (κ3) is 4.15. The number of rotatable bonds is 5. The fourth-order valence-electron chi connectivity index (χ4n) is 3.10. The summed E-state index contributed by atoms with van der Waals surface area (Å²) in [6, 6.07) is 4.90. The highest BCUT2D eigenvalue weighted by molar-refractivity contribution is 5.58. The fraction of sp³-hybridized carbons (Fsp3) is 0.588. The molecule has 1 aromatic rings. The van der Waals surface area contributed by atoms with Crippen LogP contribution in [-0.4, -0.2) is 60.5 Å². The molecule has 4 nitrogen and oxygen atoms in total. The summed E-state index contributed by atoms with van der Waals surface area (Å²) in [6.45, 7) is 6.25. The van der Waals surface area contributed by atoms with Crippen LogP contribution in [0.15, 0.2) is 24.3 Å². The lowest BCUT2D eigenvalue weighted by molar-refractivity contribution is -0.137. The lowest BCUT2D eigenvalue weighted by Crippen LogP contribution is -2.54. The molecule has 2 saturated heterocycles. The van der Waals surface area contributed by atoms with Gasteiger partial charge in [-0.05, 0) is 24.6 Å². The van der Waals surface area contributed by atoms with E-state index in [0.717, 1.165) is 43.7 Å². The zero-order chi connectivity index (χ0) is 17.4. The monoisotopic (exact) mass is 342 g/mol. The van der Waals surface area contributed by atoms with Crippen molar-refractivity contribution in [2.24, 2.45) is 0 Å². The van der Waals surface area contributed by atoms with Crippen molar-refractivity contribution in [3.05, 3.63) is 35.4 Å². The molecule has 24 heavy (non-hydrogen) atoms. The van der Waals surface area contributed by atoms with Gasteiger partial charge < -0.3 is 9.53 Å². The lowest BCUT2D eigenvalue weighted by Gasteiger charge is -2.39. The van der Waals surface area contributed by atoms with E-state index in [-0.39, 0.29) is 11.6 Å². The Morgan fingerprint density at radius 3 is 2.50 bits per heavy atom. The van der Waals surface area contributed by atoms with Gasteiger partial charge in [0.1, 0.15) is 11.9 Å². The second kappa shape index (κ2) is 6.46. The van der Waals surface area contributed by atoms with Crippen LogP contribution in [0.25, 0.3) is 0 Å². The number of hydrogen-bond donors (Lipinski definition) is 0. The Balaban J connectivity index is 1.59. The van der Waals surface area contributed by atoms with Crippen LogP contribution in [0.1, 0.15) is 18.1 Å². The number of alkyl halides is 3. The van der Waals surface area contributed by atoms with Crippen LogP contribution >= 0.6 is 0 Å². The van der Waals surface area contributed by atoms with Gasteiger partial charge in [0.25, 0.3) is 0 Å². The van der Waals surface area contributed by atoms with Crippen molar-refractivity contribution in [2.75, 3.05) is 32.8 Å². The number of aldehydes is 1. The molecule has 7 heteroatoms. The van der Waals surface area contributed by atoms with Crippen LogP contribution in [0, 0.1) is 0 Å². The summed E-state index contributed by atoms with van der Waals surface area (Å²) in [5.74, 6) is 0. The van der Waals surface area contributed by atoms with Gasteiger partial charge in [-0.2, -0.15) is 13.2 Å². The number of halogens is 3. The predicted octanol–water partition coefficient (Wildman–Crippen LogP) is 2.18. The number of epoxide rings is 1. The number of nitrogens with zero attached hydrogens (tertiary/aromatic N) is 2. The summed E-state index contributed by atoms with van der Waals surface area (Å²) in [4.78, 5) is 15.7. The first kappa shape index (κ1) is 17.4. The summed E-state index contributed by atoms with van der Waals surface area (Å²) in [5, 5.41) is 0. The molecule has 2 aliphatic rings. The molecule has 132 valence electrons. The van der Waals surface area contributed by atoms with E-state index in [1.165, 1.54) is 12.1 Å². The topological polar surface area (TPSA) is 36.1 Å². The predicted molar refractivity (Wildman–Crippen MR) is 82.5 cm³/mol. The summed E-state index contributed by atoms with van der Waals surface area (Å²) in [5.41, 5.74) is 0.0460. The van der Waals surface area contributed by atoms with E-state index >= 15 is 0 Å². The molecule has 0 amide bonds. The average Bonchev–Trinajstić information content (AvgIpc) is 3.25. The van der Waals surface area contributed by atoms with E-state index in [0.29, 0.717) is 19.6 Å². The highest BCUT2D eigenvalue weighted by Gasteiger charge is 2.42. The first-order valence-corrected chi connectivity index (χ1v) is 8.01. The Labute approximate surface area is 139 Å². The molecule has 0 aromatic heterocycles. The molecule has 1 aromatic carbocycles. The van der Waals surface area contributed by atoms with Crippen LogP contribution in [-0.2, 0) is 22.3 Å². The SMILES string of the molecule is CC1(CN2CCN(Cc3ccc(C(F)(F)F)cc3)C(C=O)C2)CO1. The second-order valence-electron chi connectivity index (χ2n) is 6.84. The third-order valence-corrected chi connectivity index (χ3v) is 4.64. The van der Waals surface area contributed by atoms with Gasteiger partial charge in [0.05, 0.1) is 18.2 Å². The largest absolute Gasteiger partial charge is 0.416 e. The van der Waals surface area contributed by atoms with Crippen molar-refractivity contribution in [3.63, 3.8) is 0 Å². The number of carbonyl (C=O) groups is 1. The lowest BCUT2D eigenvalue weighted by atomic mass is 10.1. The molecule has 2 unspecified atom stereocenters. The Bertz CT molecular complexity index is 584. The maximum absolute atomic E-state index is 12.6. The van der Waals surface area contributed by atoms with Crippen LogP contribution in [0.2, 0.25) is 0 Å². The van der Waals surface area contributed by atoms with Crippen molar-refractivity contribution in [3.8, 4) is 0 Å². The van der Waals surface area contributed by atoms with Gasteiger partial charge in [-0.1, -0.05) is 12.1 Å². The van der Waals surface area contributed by atoms with Crippen LogP contribution in [0.3, 0.4) is 0 Å². The molecule has 0 radical (unpaired) electrons. The molecule has 3 rings (SSSR count). The molecule has 0 N–H and O–H groups in total. The standard InChI is InChI=1S/C17H21F3N2O2/c1-16(12-24-16)11-21-6-7-22(15(9-21)10-23)8-13-2-4-14(5-3-13)17(18,19)20/h2-5,10,15H,6-9,11-12H2,1H3. The molecular weight excluding hydrogens is 321 g/mol. The molecule has 2 heterocycles. The van der Waals surface area contributed by atoms with Crippen molar-refractivity contribution >= 4 is 6.29 Å². The number of hydrogen-bond acceptors (Lipinski definition) is 4. The average molecular weight is 342 g/mol. The van der Waals surface area contributed by atoms with E-state index in [2.05, 4.69) is 11.8 Å². The number of carbonyl (C=O) groups excluding carboxylic acids is 1. The summed E-state index contributed by atoms with van der Waals surface area (Å²) < 4.78 is 43.2. The molecule has 0 aliphatic carbocycles. The molecule has 0 bridgehead atoms. The van der Waals surface area contributed by atoms with Gasteiger partial charge in [-0.25, -0.2) is 0 Å². The third-order valence-electron chi connectivity index (χ3n) is 4.64. The summed E-state index contributed by atoms with van der Waals surface area (Å²) in [6.07, 6.45) is -3.40. The first-order chi connectivity index (χ1) is 11.3. The molecule has 2 atom stereocenters. The van der Waals surface area contributed by atoms with Gasteiger partial charge in [0.15, 0.2) is 0 Å². The van der Waals surface area contributed by atoms with E-state index in [1.807, 2.05) is 4.90 Å². The summed E-state index contributed by atoms with van der Waals surface area (Å²) >= 11 is 0. The highest BCUT2D eigenvalue weighted by Crippen LogP contribution is 2.30. The van der Waals surface area contributed by atoms with E-state index in [4.69, 9.17) is 4.74 Å². The zero-order valence-corrected chi connectivity index (χ0v) is 13.6. The number of benzene rings is 1. The van der Waals surface area contributed by atoms with Gasteiger partial charge in [-0.3, -0.25) is 9.80 Å². The van der Waals surface area contributed by atoms with Crippen molar-refractivity contribution in [1.82, 2.24) is 9.80 Å². The van der Waals surface area contributed by atoms with E-state index in [9.17, 15) is 18.0 Å². The van der Waals surface area contributed by atoms with Crippen LogP contribution in [0.5, 0.6) is 0 Å². The molecular formula is C17H21F3N2O2. The molecule has 2 aliphatic heterocycles. The van der Waals surface area contributed by atoms with Crippen molar-refractivity contribution < 1.29 is 22.7 Å². The summed E-state index contributed by atoms with van der Waals surface area (Å²) in [7, 11) is 0. The zero-order valence-electron chi connectivity index (χ0n) is 13.6. The first-order valence-electron chi connectivity index (χ1n) is 8.01. The van der Waals surface area contributed by atoms with Gasteiger partial charge in [0, 0.05) is 32.7 Å². The smallest absolute Gasteiger partial charge is 0.369 e. The van der Waals surface area contributed by atoms with Crippen LogP contribution < -0.4 is 0 Å². The minimum Gasteiger partial charge on any atom is -0.369 e. The molecule has 0 saturated carbocycles. The van der Waals surface area contributed by atoms with E-state index < -0.39 is 11.7 Å². The minimum absolute atomic E-state index is 0.0803. The quantitative estimate of drug-likeness (QED) is 0.607. The van der Waals surface area contributed by atoms with Gasteiger partial charge in [0.2, 0.25) is 0 Å². The van der Waals surface area contributed by atoms with Gasteiger partial charge in [-0.15, -0.1) is 0 Å². The molecule has 2 fully saturated rings. The second-order valence-corrected chi connectivity index (χ2v) is 6.84. The Morgan fingerprint density at radius 2 is 1.96 bits per heavy atom.